The molecule has 31 heavy (non-hydrogen) atoms. The van der Waals surface area contributed by atoms with Crippen LogP contribution in [0.25, 0.3) is 28.2 Å². The van der Waals surface area contributed by atoms with Crippen LogP contribution in [-0.4, -0.2) is 14.5 Å². The summed E-state index contributed by atoms with van der Waals surface area (Å²) in [5.74, 6) is 1.16. The second kappa shape index (κ2) is 8.00. The summed E-state index contributed by atoms with van der Waals surface area (Å²) < 4.78 is 2.12. The number of nitrogens with one attached hydrogen (secondary N) is 1. The highest BCUT2D eigenvalue weighted by Gasteiger charge is 2.19. The first-order valence-electron chi connectivity index (χ1n) is 10.4. The van der Waals surface area contributed by atoms with Gasteiger partial charge < -0.3 is 10.4 Å². The van der Waals surface area contributed by atoms with Gasteiger partial charge in [0, 0.05) is 17.7 Å². The lowest BCUT2D eigenvalue weighted by Gasteiger charge is -2.15. The number of aromatic nitrogens is 2. The molecule has 0 aliphatic heterocycles. The zero-order valence-electron chi connectivity index (χ0n) is 17.3. The highest BCUT2D eigenvalue weighted by atomic mass is 16.3. The number of aromatic hydroxyl groups is 1. The van der Waals surface area contributed by atoms with E-state index >= 15 is 0 Å². The summed E-state index contributed by atoms with van der Waals surface area (Å²) in [6.45, 7) is 2.73. The molecule has 2 aromatic heterocycles. The van der Waals surface area contributed by atoms with Crippen molar-refractivity contribution in [3.8, 4) is 28.3 Å². The predicted octanol–water partition coefficient (Wildman–Crippen LogP) is 6.29. The Labute approximate surface area is 181 Å². The average molecular weight is 406 g/mol. The lowest BCUT2D eigenvalue weighted by atomic mass is 10.1. The second-order valence-electron chi connectivity index (χ2n) is 7.59. The Kier molecular flexibility index (Phi) is 4.89. The maximum atomic E-state index is 10.6. The van der Waals surface area contributed by atoms with Crippen molar-refractivity contribution in [2.45, 2.75) is 13.5 Å². The van der Waals surface area contributed by atoms with Crippen molar-refractivity contribution < 1.29 is 5.11 Å². The Bertz CT molecular complexity index is 1340. The SMILES string of the molecule is Cc1ccc2nc(-c3ccccc3)c(NCc3ccccc3)n2c1-c1ccccc1O. The van der Waals surface area contributed by atoms with Crippen LogP contribution in [-0.2, 0) is 6.54 Å². The Balaban J connectivity index is 1.76. The molecule has 152 valence electrons. The van der Waals surface area contributed by atoms with Crippen LogP contribution >= 0.6 is 0 Å². The minimum Gasteiger partial charge on any atom is -0.507 e. The molecule has 2 heterocycles. The van der Waals surface area contributed by atoms with Gasteiger partial charge in [-0.05, 0) is 36.2 Å². The van der Waals surface area contributed by atoms with Crippen LogP contribution in [0.5, 0.6) is 5.75 Å². The normalized spacial score (nSPS) is 11.0. The number of rotatable bonds is 5. The van der Waals surface area contributed by atoms with Crippen molar-refractivity contribution in [1.29, 1.82) is 0 Å². The molecule has 4 heteroatoms. The van der Waals surface area contributed by atoms with E-state index in [1.807, 2.05) is 60.7 Å². The third-order valence-corrected chi connectivity index (χ3v) is 5.49. The van der Waals surface area contributed by atoms with Gasteiger partial charge in [0.25, 0.3) is 0 Å². The molecule has 0 saturated carbocycles. The van der Waals surface area contributed by atoms with E-state index in [2.05, 4.69) is 47.0 Å². The molecular formula is C27H23N3O. The van der Waals surface area contributed by atoms with E-state index in [1.54, 1.807) is 6.07 Å². The van der Waals surface area contributed by atoms with E-state index in [-0.39, 0.29) is 5.75 Å². The number of para-hydroxylation sites is 1. The van der Waals surface area contributed by atoms with Crippen LogP contribution < -0.4 is 5.32 Å². The highest BCUT2D eigenvalue weighted by Crippen LogP contribution is 2.37. The maximum Gasteiger partial charge on any atom is 0.139 e. The fourth-order valence-corrected chi connectivity index (χ4v) is 3.98. The van der Waals surface area contributed by atoms with Crippen LogP contribution in [0.1, 0.15) is 11.1 Å². The lowest BCUT2D eigenvalue weighted by Crippen LogP contribution is -2.05. The number of phenolic OH excluding ortho intramolecular Hbond substituents is 1. The quantitative estimate of drug-likeness (QED) is 0.361. The Hall–Kier alpha value is -4.05. The molecule has 0 unspecified atom stereocenters. The minimum absolute atomic E-state index is 0.252. The largest absolute Gasteiger partial charge is 0.507 e. The number of anilines is 1. The number of hydrogen-bond donors (Lipinski definition) is 2. The fraction of sp³-hybridized carbons (Fsp3) is 0.0741. The molecule has 0 amide bonds. The number of nitrogens with zero attached hydrogens (tertiary/aromatic N) is 2. The molecule has 2 N–H and O–H groups in total. The number of fused-ring (bicyclic) bond motifs is 1. The summed E-state index contributed by atoms with van der Waals surface area (Å²) in [7, 11) is 0. The highest BCUT2D eigenvalue weighted by molar-refractivity contribution is 5.82. The summed E-state index contributed by atoms with van der Waals surface area (Å²) in [5.41, 5.74) is 6.73. The average Bonchev–Trinajstić information content (AvgIpc) is 3.18. The summed E-state index contributed by atoms with van der Waals surface area (Å²) in [4.78, 5) is 4.97. The maximum absolute atomic E-state index is 10.6. The Morgan fingerprint density at radius 1 is 0.806 bits per heavy atom. The summed E-state index contributed by atoms with van der Waals surface area (Å²) in [6.07, 6.45) is 0. The zero-order valence-corrected chi connectivity index (χ0v) is 17.3. The first kappa shape index (κ1) is 18.9. The fourth-order valence-electron chi connectivity index (χ4n) is 3.98. The minimum atomic E-state index is 0.252. The van der Waals surface area contributed by atoms with E-state index < -0.39 is 0 Å². The van der Waals surface area contributed by atoms with E-state index in [0.29, 0.717) is 6.54 Å². The number of pyridine rings is 1. The van der Waals surface area contributed by atoms with Gasteiger partial charge in [-0.25, -0.2) is 4.98 Å². The van der Waals surface area contributed by atoms with Gasteiger partial charge in [0.1, 0.15) is 22.9 Å². The van der Waals surface area contributed by atoms with Gasteiger partial charge in [-0.2, -0.15) is 0 Å². The molecule has 0 radical (unpaired) electrons. The van der Waals surface area contributed by atoms with Gasteiger partial charge in [0.15, 0.2) is 0 Å². The van der Waals surface area contributed by atoms with Crippen molar-refractivity contribution in [2.75, 3.05) is 5.32 Å². The number of hydrogen-bond acceptors (Lipinski definition) is 3. The van der Waals surface area contributed by atoms with Crippen LogP contribution in [0, 0.1) is 6.92 Å². The summed E-state index contributed by atoms with van der Waals surface area (Å²) in [6, 6.07) is 32.0. The van der Waals surface area contributed by atoms with Crippen molar-refractivity contribution in [1.82, 2.24) is 9.38 Å². The molecule has 0 aliphatic carbocycles. The lowest BCUT2D eigenvalue weighted by molar-refractivity contribution is 0.477. The van der Waals surface area contributed by atoms with Gasteiger partial charge in [0.05, 0.1) is 5.69 Å². The van der Waals surface area contributed by atoms with E-state index in [9.17, 15) is 5.11 Å². The van der Waals surface area contributed by atoms with E-state index in [4.69, 9.17) is 4.98 Å². The smallest absolute Gasteiger partial charge is 0.139 e. The van der Waals surface area contributed by atoms with Crippen LogP contribution in [0.3, 0.4) is 0 Å². The molecule has 5 rings (SSSR count). The zero-order chi connectivity index (χ0) is 21.2. The molecule has 0 aliphatic rings. The molecule has 4 nitrogen and oxygen atoms in total. The first-order valence-corrected chi connectivity index (χ1v) is 10.4. The van der Waals surface area contributed by atoms with Gasteiger partial charge in [-0.1, -0.05) is 78.9 Å². The van der Waals surface area contributed by atoms with Gasteiger partial charge in [-0.3, -0.25) is 4.40 Å². The molecule has 5 aromatic rings. The Morgan fingerprint density at radius 3 is 2.23 bits per heavy atom. The number of phenols is 1. The van der Waals surface area contributed by atoms with Crippen LogP contribution in [0.2, 0.25) is 0 Å². The van der Waals surface area contributed by atoms with Gasteiger partial charge >= 0.3 is 0 Å². The standard InChI is InChI=1S/C27H23N3O/c1-19-16-17-24-29-25(21-12-6-3-7-13-21)27(28-18-20-10-4-2-5-11-20)30(24)26(19)22-14-8-9-15-23(22)31/h2-17,28,31H,18H2,1H3. The van der Waals surface area contributed by atoms with Crippen molar-refractivity contribution >= 4 is 11.5 Å². The summed E-state index contributed by atoms with van der Waals surface area (Å²) >= 11 is 0. The third-order valence-electron chi connectivity index (χ3n) is 5.49. The van der Waals surface area contributed by atoms with Crippen molar-refractivity contribution in [3.63, 3.8) is 0 Å². The van der Waals surface area contributed by atoms with E-state index in [0.717, 1.165) is 39.5 Å². The third kappa shape index (κ3) is 3.53. The molecule has 0 bridgehead atoms. The van der Waals surface area contributed by atoms with Crippen molar-refractivity contribution in [3.05, 3.63) is 108 Å². The number of aryl methyl sites for hydroxylation is 1. The van der Waals surface area contributed by atoms with Gasteiger partial charge in [0.2, 0.25) is 0 Å². The topological polar surface area (TPSA) is 49.6 Å². The second-order valence-corrected chi connectivity index (χ2v) is 7.59. The van der Waals surface area contributed by atoms with Crippen molar-refractivity contribution in [2.24, 2.45) is 0 Å². The van der Waals surface area contributed by atoms with Crippen LogP contribution in [0.15, 0.2) is 97.1 Å². The number of imidazole rings is 1. The molecule has 3 aromatic carbocycles. The molecule has 0 atom stereocenters. The monoisotopic (exact) mass is 405 g/mol. The first-order chi connectivity index (χ1) is 15.2. The molecule has 0 saturated heterocycles. The predicted molar refractivity (Wildman–Crippen MR) is 126 cm³/mol. The van der Waals surface area contributed by atoms with Crippen LogP contribution in [0.4, 0.5) is 5.82 Å². The summed E-state index contributed by atoms with van der Waals surface area (Å²) in [5, 5.41) is 14.2. The van der Waals surface area contributed by atoms with Gasteiger partial charge in [-0.15, -0.1) is 0 Å². The molecule has 0 fully saturated rings. The molecular weight excluding hydrogens is 382 g/mol. The van der Waals surface area contributed by atoms with E-state index in [1.165, 1.54) is 5.56 Å². The number of benzene rings is 3. The Morgan fingerprint density at radius 2 is 1.48 bits per heavy atom. The molecule has 0 spiro atoms.